The van der Waals surface area contributed by atoms with Crippen molar-refractivity contribution in [2.24, 2.45) is 5.92 Å². The summed E-state index contributed by atoms with van der Waals surface area (Å²) in [5, 5.41) is 10.2. The zero-order chi connectivity index (χ0) is 9.97. The second-order valence-corrected chi connectivity index (χ2v) is 4.80. The Morgan fingerprint density at radius 3 is 2.21 bits per heavy atom. The van der Waals surface area contributed by atoms with Gasteiger partial charge in [0.1, 0.15) is 6.23 Å². The highest BCUT2D eigenvalue weighted by atomic mass is 16.3. The number of hydrogen-bond donors (Lipinski definition) is 1. The van der Waals surface area contributed by atoms with E-state index < -0.39 is 0 Å². The highest BCUT2D eigenvalue weighted by Crippen LogP contribution is 2.29. The molecule has 1 saturated heterocycles. The highest BCUT2D eigenvalue weighted by Gasteiger charge is 2.29. The summed E-state index contributed by atoms with van der Waals surface area (Å²) in [4.78, 5) is 4.59. The van der Waals surface area contributed by atoms with E-state index in [1.165, 1.54) is 25.7 Å². The predicted octanol–water partition coefficient (Wildman–Crippen LogP) is 0.742. The van der Waals surface area contributed by atoms with Crippen molar-refractivity contribution in [3.8, 4) is 0 Å². The van der Waals surface area contributed by atoms with Crippen LogP contribution in [0.5, 0.6) is 0 Å². The first-order chi connectivity index (χ1) is 6.77. The molecule has 14 heavy (non-hydrogen) atoms. The van der Waals surface area contributed by atoms with Crippen molar-refractivity contribution < 1.29 is 5.11 Å². The first-order valence-electron chi connectivity index (χ1n) is 5.88. The van der Waals surface area contributed by atoms with Crippen LogP contribution >= 0.6 is 0 Å². The number of aliphatic hydroxyl groups is 1. The van der Waals surface area contributed by atoms with Crippen LogP contribution in [0.3, 0.4) is 0 Å². The summed E-state index contributed by atoms with van der Waals surface area (Å²) in [5.74, 6) is 0.554. The van der Waals surface area contributed by atoms with Gasteiger partial charge in [0, 0.05) is 26.2 Å². The number of likely N-dealkylation sites (N-methyl/N-ethyl adjacent to an activating group) is 1. The largest absolute Gasteiger partial charge is 0.378 e. The molecule has 1 aliphatic heterocycles. The topological polar surface area (TPSA) is 26.7 Å². The van der Waals surface area contributed by atoms with Gasteiger partial charge in [-0.15, -0.1) is 0 Å². The molecule has 1 atom stereocenters. The zero-order valence-electron chi connectivity index (χ0n) is 9.15. The summed E-state index contributed by atoms with van der Waals surface area (Å²) >= 11 is 0. The molecule has 0 aromatic heterocycles. The molecule has 1 N–H and O–H groups in total. The molecule has 0 spiro atoms. The first kappa shape index (κ1) is 10.4. The maximum Gasteiger partial charge on any atom is 0.110 e. The smallest absolute Gasteiger partial charge is 0.110 e. The number of nitrogens with zero attached hydrogens (tertiary/aromatic N) is 2. The van der Waals surface area contributed by atoms with Crippen LogP contribution in [0.2, 0.25) is 0 Å². The second kappa shape index (κ2) is 4.60. The van der Waals surface area contributed by atoms with Gasteiger partial charge in [-0.2, -0.15) is 0 Å². The Kier molecular flexibility index (Phi) is 3.42. The molecule has 1 aliphatic carbocycles. The Morgan fingerprint density at radius 2 is 1.64 bits per heavy atom. The minimum Gasteiger partial charge on any atom is -0.378 e. The Bertz CT molecular complexity index is 172. The minimum absolute atomic E-state index is 0.161. The lowest BCUT2D eigenvalue weighted by atomic mass is 10.0. The maximum absolute atomic E-state index is 10.2. The fraction of sp³-hybridized carbons (Fsp3) is 1.00. The quantitative estimate of drug-likeness (QED) is 0.709. The third-order valence-electron chi connectivity index (χ3n) is 3.73. The third-order valence-corrected chi connectivity index (χ3v) is 3.73. The van der Waals surface area contributed by atoms with E-state index in [0.29, 0.717) is 5.92 Å². The van der Waals surface area contributed by atoms with Gasteiger partial charge in [0.25, 0.3) is 0 Å². The number of rotatable bonds is 2. The van der Waals surface area contributed by atoms with Crippen LogP contribution in [0.4, 0.5) is 0 Å². The van der Waals surface area contributed by atoms with Crippen molar-refractivity contribution in [1.29, 1.82) is 0 Å². The maximum atomic E-state index is 10.2. The first-order valence-corrected chi connectivity index (χ1v) is 5.88. The van der Waals surface area contributed by atoms with Gasteiger partial charge in [0.2, 0.25) is 0 Å². The molecule has 3 heteroatoms. The summed E-state index contributed by atoms with van der Waals surface area (Å²) in [6.45, 7) is 4.27. The summed E-state index contributed by atoms with van der Waals surface area (Å²) in [6.07, 6.45) is 4.93. The molecule has 82 valence electrons. The van der Waals surface area contributed by atoms with E-state index in [-0.39, 0.29) is 6.23 Å². The molecule has 0 radical (unpaired) electrons. The van der Waals surface area contributed by atoms with E-state index in [1.54, 1.807) is 0 Å². The summed E-state index contributed by atoms with van der Waals surface area (Å²) in [7, 11) is 2.15. The van der Waals surface area contributed by atoms with E-state index in [2.05, 4.69) is 16.8 Å². The number of aliphatic hydroxyl groups excluding tert-OH is 1. The van der Waals surface area contributed by atoms with E-state index in [1.807, 2.05) is 0 Å². The highest BCUT2D eigenvalue weighted by molar-refractivity contribution is 4.79. The predicted molar refractivity (Wildman–Crippen MR) is 57.0 cm³/mol. The molecule has 2 rings (SSSR count). The van der Waals surface area contributed by atoms with Crippen LogP contribution in [-0.4, -0.2) is 54.4 Å². The molecule has 1 saturated carbocycles. The van der Waals surface area contributed by atoms with Gasteiger partial charge in [-0.3, -0.25) is 4.90 Å². The molecule has 0 bridgehead atoms. The van der Waals surface area contributed by atoms with Crippen molar-refractivity contribution in [1.82, 2.24) is 9.80 Å². The molecule has 1 heterocycles. The number of piperazine rings is 1. The SMILES string of the molecule is CN1CCN(C(O)C2CCCC2)CC1. The van der Waals surface area contributed by atoms with Gasteiger partial charge in [-0.1, -0.05) is 12.8 Å². The molecule has 0 aromatic rings. The average Bonchev–Trinajstić information content (AvgIpc) is 2.71. The lowest BCUT2D eigenvalue weighted by Crippen LogP contribution is -2.50. The van der Waals surface area contributed by atoms with Crippen LogP contribution in [-0.2, 0) is 0 Å². The Balaban J connectivity index is 1.82. The van der Waals surface area contributed by atoms with Crippen LogP contribution in [0.1, 0.15) is 25.7 Å². The lowest BCUT2D eigenvalue weighted by Gasteiger charge is -2.37. The van der Waals surface area contributed by atoms with Crippen molar-refractivity contribution in [2.45, 2.75) is 31.9 Å². The van der Waals surface area contributed by atoms with Crippen LogP contribution < -0.4 is 0 Å². The lowest BCUT2D eigenvalue weighted by molar-refractivity contribution is -0.0566. The minimum atomic E-state index is -0.161. The monoisotopic (exact) mass is 198 g/mol. The molecule has 0 aromatic carbocycles. The van der Waals surface area contributed by atoms with Crippen LogP contribution in [0, 0.1) is 5.92 Å². The summed E-state index contributed by atoms with van der Waals surface area (Å²) in [6, 6.07) is 0. The molecular weight excluding hydrogens is 176 g/mol. The van der Waals surface area contributed by atoms with Crippen LogP contribution in [0.15, 0.2) is 0 Å². The van der Waals surface area contributed by atoms with Crippen molar-refractivity contribution in [3.63, 3.8) is 0 Å². The van der Waals surface area contributed by atoms with Gasteiger partial charge in [-0.05, 0) is 25.8 Å². The van der Waals surface area contributed by atoms with Gasteiger partial charge in [-0.25, -0.2) is 0 Å². The van der Waals surface area contributed by atoms with Gasteiger partial charge in [0.05, 0.1) is 0 Å². The Morgan fingerprint density at radius 1 is 1.07 bits per heavy atom. The Hall–Kier alpha value is -0.120. The molecular formula is C11H22N2O. The van der Waals surface area contributed by atoms with E-state index in [9.17, 15) is 5.11 Å². The third kappa shape index (κ3) is 2.27. The molecule has 2 fully saturated rings. The van der Waals surface area contributed by atoms with Gasteiger partial charge >= 0.3 is 0 Å². The Labute approximate surface area is 86.7 Å². The van der Waals surface area contributed by atoms with Gasteiger partial charge in [0.15, 0.2) is 0 Å². The summed E-state index contributed by atoms with van der Waals surface area (Å²) in [5.41, 5.74) is 0. The van der Waals surface area contributed by atoms with E-state index in [0.717, 1.165) is 26.2 Å². The number of hydrogen-bond acceptors (Lipinski definition) is 3. The molecule has 2 aliphatic rings. The fourth-order valence-corrected chi connectivity index (χ4v) is 2.64. The second-order valence-electron chi connectivity index (χ2n) is 4.80. The summed E-state index contributed by atoms with van der Waals surface area (Å²) < 4.78 is 0. The molecule has 3 nitrogen and oxygen atoms in total. The molecule has 0 amide bonds. The van der Waals surface area contributed by atoms with Crippen molar-refractivity contribution in [3.05, 3.63) is 0 Å². The van der Waals surface area contributed by atoms with Crippen molar-refractivity contribution >= 4 is 0 Å². The van der Waals surface area contributed by atoms with E-state index in [4.69, 9.17) is 0 Å². The fourth-order valence-electron chi connectivity index (χ4n) is 2.64. The van der Waals surface area contributed by atoms with Gasteiger partial charge < -0.3 is 10.0 Å². The zero-order valence-corrected chi connectivity index (χ0v) is 9.15. The average molecular weight is 198 g/mol. The van der Waals surface area contributed by atoms with Crippen molar-refractivity contribution in [2.75, 3.05) is 33.2 Å². The molecule has 1 unspecified atom stereocenters. The standard InChI is InChI=1S/C11H22N2O/c1-12-6-8-13(9-7-12)11(14)10-4-2-3-5-10/h10-11,14H,2-9H2,1H3. The van der Waals surface area contributed by atoms with Crippen LogP contribution in [0.25, 0.3) is 0 Å². The normalized spacial score (nSPS) is 29.6. The van der Waals surface area contributed by atoms with E-state index >= 15 is 0 Å².